The molecule has 10 rings (SSSR count). The lowest BCUT2D eigenvalue weighted by Crippen LogP contribution is -3.00. The van der Waals surface area contributed by atoms with Crippen molar-refractivity contribution in [2.24, 2.45) is 0 Å². The van der Waals surface area contributed by atoms with Gasteiger partial charge in [0.15, 0.2) is 0 Å². The van der Waals surface area contributed by atoms with E-state index in [0.717, 1.165) is 151 Å². The number of carbonyl (C=O) groups is 3. The van der Waals surface area contributed by atoms with Crippen molar-refractivity contribution in [2.75, 3.05) is 157 Å². The summed E-state index contributed by atoms with van der Waals surface area (Å²) in [4.78, 5) is 54.0. The molecule has 0 aliphatic carbocycles. The van der Waals surface area contributed by atoms with Crippen LogP contribution in [0.3, 0.4) is 0 Å². The Balaban J connectivity index is 0.00000154. The molecule has 10 saturated heterocycles. The summed E-state index contributed by atoms with van der Waals surface area (Å²) >= 11 is 0. The Bertz CT molecular complexity index is 871. The molecule has 12 nitrogen and oxygen atoms in total. The van der Waals surface area contributed by atoms with Crippen molar-refractivity contribution in [1.82, 2.24) is 29.4 Å². The lowest BCUT2D eigenvalue weighted by atomic mass is 10.1. The van der Waals surface area contributed by atoms with Crippen LogP contribution < -0.4 is 37.2 Å². The highest BCUT2D eigenvalue weighted by Gasteiger charge is 2.42. The third-order valence-corrected chi connectivity index (χ3v) is 12.5. The molecule has 45 heavy (non-hydrogen) atoms. The van der Waals surface area contributed by atoms with E-state index in [-0.39, 0.29) is 54.9 Å². The highest BCUT2D eigenvalue weighted by atomic mass is 35.5. The Kier molecular flexibility index (Phi) is 12.3. The molecule has 0 atom stereocenters. The molecule has 3 amide bonds. The first-order chi connectivity index (χ1) is 20.3. The van der Waals surface area contributed by atoms with Crippen LogP contribution in [0.2, 0.25) is 0 Å². The Hall–Kier alpha value is -0.960. The van der Waals surface area contributed by atoms with Gasteiger partial charge in [0.25, 0.3) is 0 Å². The third-order valence-electron chi connectivity index (χ3n) is 12.5. The van der Waals surface area contributed by atoms with E-state index in [1.165, 1.54) is 0 Å². The number of fused-ring (bicyclic) bond motifs is 9. The largest absolute Gasteiger partial charge is 1.00 e. The number of quaternary nitrogens is 3. The van der Waals surface area contributed by atoms with Crippen molar-refractivity contribution in [2.45, 2.75) is 19.3 Å². The van der Waals surface area contributed by atoms with Crippen molar-refractivity contribution in [3.05, 3.63) is 0 Å². The number of piperazine rings is 9. The lowest BCUT2D eigenvalue weighted by Gasteiger charge is -2.51. The molecular formula is C30H54Cl3N9O3. The first-order valence-electron chi connectivity index (χ1n) is 16.9. The van der Waals surface area contributed by atoms with Gasteiger partial charge in [-0.25, -0.2) is 0 Å². The summed E-state index contributed by atoms with van der Waals surface area (Å²) < 4.78 is 3.16. The van der Waals surface area contributed by atoms with Gasteiger partial charge in [-0.1, -0.05) is 0 Å². The monoisotopic (exact) mass is 693 g/mol. The van der Waals surface area contributed by atoms with Crippen molar-refractivity contribution in [3.63, 3.8) is 0 Å². The van der Waals surface area contributed by atoms with Gasteiger partial charge in [0.05, 0.1) is 118 Å². The summed E-state index contributed by atoms with van der Waals surface area (Å²) in [7, 11) is 0. The minimum Gasteiger partial charge on any atom is -1.00 e. The smallest absolute Gasteiger partial charge is 0.231 e. The van der Waals surface area contributed by atoms with Crippen molar-refractivity contribution in [3.8, 4) is 0 Å². The molecule has 0 spiro atoms. The Morgan fingerprint density at radius 1 is 0.378 bits per heavy atom. The fraction of sp³-hybridized carbons (Fsp3) is 0.900. The zero-order chi connectivity index (χ0) is 28.8. The van der Waals surface area contributed by atoms with Gasteiger partial charge in [0, 0.05) is 58.9 Å². The van der Waals surface area contributed by atoms with E-state index in [1.54, 1.807) is 14.7 Å². The normalized spacial score (nSPS) is 36.5. The van der Waals surface area contributed by atoms with Crippen molar-refractivity contribution < 1.29 is 65.1 Å². The van der Waals surface area contributed by atoms with Crippen molar-refractivity contribution in [1.29, 1.82) is 0 Å². The summed E-state index contributed by atoms with van der Waals surface area (Å²) in [5.74, 6) is 0.275. The summed E-state index contributed by atoms with van der Waals surface area (Å²) in [6.45, 7) is 24.0. The molecular weight excluding hydrogens is 641 g/mol. The zero-order valence-corrected chi connectivity index (χ0v) is 29.2. The van der Waals surface area contributed by atoms with Gasteiger partial charge in [-0.3, -0.25) is 29.1 Å². The standard InChI is InChI=1S/C30H54N9O3.3ClH/c40-28(1-13-37-16-4-31(5-17-37)6-18-37)34-25-35(29(41)2-14-38-19-7-32(8-20-38)9-21-38)27-36(26-34)30(42)3-15-39-22-10-33(11-23-39)12-24-39;;;/h1-27H2;3*1H/q+3;;;/p-3. The first kappa shape index (κ1) is 36.9. The number of rotatable bonds is 9. The fourth-order valence-electron chi connectivity index (χ4n) is 8.90. The predicted octanol–water partition coefficient (Wildman–Crippen LogP) is -11.0. The number of hydrogen-bond donors (Lipinski definition) is 0. The number of amides is 3. The van der Waals surface area contributed by atoms with E-state index in [0.29, 0.717) is 39.3 Å². The average molecular weight is 695 g/mol. The van der Waals surface area contributed by atoms with E-state index < -0.39 is 0 Å². The van der Waals surface area contributed by atoms with E-state index in [2.05, 4.69) is 14.7 Å². The SMILES string of the molecule is O=C(CC[N+]12CCN(CC1)CC2)N1CN(C(=O)CC[N+]23CCN(CC2)CC3)CN(C(=O)CC[N+]23CCN(CC2)CC3)C1.[Cl-].[Cl-].[Cl-]. The Labute approximate surface area is 288 Å². The second-order valence-corrected chi connectivity index (χ2v) is 14.7. The van der Waals surface area contributed by atoms with Gasteiger partial charge in [0.2, 0.25) is 17.7 Å². The van der Waals surface area contributed by atoms with Crippen LogP contribution in [0.4, 0.5) is 0 Å². The molecule has 10 heterocycles. The number of hydrogen-bond acceptors (Lipinski definition) is 6. The average Bonchev–Trinajstić information content (AvgIpc) is 3.07. The van der Waals surface area contributed by atoms with E-state index in [1.807, 2.05) is 0 Å². The molecule has 0 aromatic carbocycles. The third kappa shape index (κ3) is 8.03. The molecule has 10 fully saturated rings. The summed E-state index contributed by atoms with van der Waals surface area (Å²) in [6, 6.07) is 0. The second kappa shape index (κ2) is 15.1. The summed E-state index contributed by atoms with van der Waals surface area (Å²) in [6.07, 6.45) is 1.49. The second-order valence-electron chi connectivity index (χ2n) is 14.7. The highest BCUT2D eigenvalue weighted by Crippen LogP contribution is 2.24. The number of carbonyl (C=O) groups excluding carboxylic acids is 3. The van der Waals surface area contributed by atoms with Gasteiger partial charge >= 0.3 is 0 Å². The zero-order valence-electron chi connectivity index (χ0n) is 27.0. The maximum absolute atomic E-state index is 13.7. The molecule has 0 saturated carbocycles. The van der Waals surface area contributed by atoms with Crippen LogP contribution in [-0.4, -0.2) is 218 Å². The van der Waals surface area contributed by atoms with Crippen LogP contribution in [0.5, 0.6) is 0 Å². The molecule has 0 N–H and O–H groups in total. The van der Waals surface area contributed by atoms with Gasteiger partial charge in [-0.15, -0.1) is 0 Å². The van der Waals surface area contributed by atoms with E-state index >= 15 is 0 Å². The minimum atomic E-state index is 0. The Morgan fingerprint density at radius 3 is 0.778 bits per heavy atom. The molecule has 0 unspecified atom stereocenters. The van der Waals surface area contributed by atoms with Gasteiger partial charge < -0.3 is 65.4 Å². The van der Waals surface area contributed by atoms with Crippen LogP contribution in [0.1, 0.15) is 19.3 Å². The topological polar surface area (TPSA) is 70.7 Å². The molecule has 0 aromatic rings. The van der Waals surface area contributed by atoms with Crippen LogP contribution in [-0.2, 0) is 14.4 Å². The van der Waals surface area contributed by atoms with E-state index in [4.69, 9.17) is 0 Å². The maximum atomic E-state index is 13.7. The van der Waals surface area contributed by atoms with Crippen LogP contribution in [0, 0.1) is 0 Å². The van der Waals surface area contributed by atoms with E-state index in [9.17, 15) is 14.4 Å². The first-order valence-corrected chi connectivity index (χ1v) is 16.9. The molecule has 15 heteroatoms. The van der Waals surface area contributed by atoms with Crippen LogP contribution in [0.25, 0.3) is 0 Å². The van der Waals surface area contributed by atoms with Gasteiger partial charge in [0.1, 0.15) is 0 Å². The molecule has 258 valence electrons. The number of nitrogens with zero attached hydrogens (tertiary/aromatic N) is 9. The molecule has 10 aliphatic heterocycles. The molecule has 6 bridgehead atoms. The fourth-order valence-corrected chi connectivity index (χ4v) is 8.90. The summed E-state index contributed by atoms with van der Waals surface area (Å²) in [5, 5.41) is 0. The Morgan fingerprint density at radius 2 is 0.578 bits per heavy atom. The summed E-state index contributed by atoms with van der Waals surface area (Å²) in [5.41, 5.74) is 0. The van der Waals surface area contributed by atoms with Gasteiger partial charge in [-0.2, -0.15) is 0 Å². The minimum absolute atomic E-state index is 0. The lowest BCUT2D eigenvalue weighted by molar-refractivity contribution is -0.940. The quantitative estimate of drug-likeness (QED) is 0.224. The van der Waals surface area contributed by atoms with Crippen molar-refractivity contribution >= 4 is 17.7 Å². The van der Waals surface area contributed by atoms with Crippen LogP contribution in [0.15, 0.2) is 0 Å². The van der Waals surface area contributed by atoms with Crippen LogP contribution >= 0.6 is 0 Å². The molecule has 0 aromatic heterocycles. The highest BCUT2D eigenvalue weighted by molar-refractivity contribution is 5.82. The molecule has 0 radical (unpaired) electrons. The number of halogens is 3. The van der Waals surface area contributed by atoms with Gasteiger partial charge in [-0.05, 0) is 0 Å². The maximum Gasteiger partial charge on any atom is 0.231 e. The predicted molar refractivity (Wildman–Crippen MR) is 157 cm³/mol. The molecule has 10 aliphatic rings.